The van der Waals surface area contributed by atoms with Gasteiger partial charge in [0.15, 0.2) is 0 Å². The quantitative estimate of drug-likeness (QED) is 0.655. The van der Waals surface area contributed by atoms with Crippen LogP contribution in [0.5, 0.6) is 0 Å². The number of hydrogen-bond acceptors (Lipinski definition) is 3. The fraction of sp³-hybridized carbons (Fsp3) is 0.235. The Bertz CT molecular complexity index is 749. The molecule has 106 valence electrons. The van der Waals surface area contributed by atoms with Gasteiger partial charge in [0, 0.05) is 12.4 Å². The normalized spacial score (nSPS) is 25.5. The standard InChI is InChI=1S/C17H16N2S2/c1-12-20-16(17(21-12)19-10-9-18-11-19)15-8-4-6-13-5-2-3-7-14(13)15/h2-12,16-17H,1H3. The minimum Gasteiger partial charge on any atom is -0.323 e. The van der Waals surface area contributed by atoms with Gasteiger partial charge < -0.3 is 4.57 Å². The van der Waals surface area contributed by atoms with Crippen molar-refractivity contribution in [3.63, 3.8) is 0 Å². The second-order valence-corrected chi connectivity index (χ2v) is 8.48. The molecule has 1 fully saturated rings. The van der Waals surface area contributed by atoms with E-state index in [9.17, 15) is 0 Å². The molecule has 0 spiro atoms. The molecular weight excluding hydrogens is 296 g/mol. The molecule has 4 heteroatoms. The zero-order valence-corrected chi connectivity index (χ0v) is 13.3. The first-order valence-corrected chi connectivity index (χ1v) is 8.97. The first-order chi connectivity index (χ1) is 10.3. The predicted octanol–water partition coefficient (Wildman–Crippen LogP) is 5.10. The van der Waals surface area contributed by atoms with Gasteiger partial charge in [-0.05, 0) is 23.3 Å². The summed E-state index contributed by atoms with van der Waals surface area (Å²) in [6.07, 6.45) is 5.89. The summed E-state index contributed by atoms with van der Waals surface area (Å²) in [5.74, 6) is 0. The van der Waals surface area contributed by atoms with E-state index in [1.165, 1.54) is 16.3 Å². The van der Waals surface area contributed by atoms with Crippen LogP contribution < -0.4 is 0 Å². The van der Waals surface area contributed by atoms with Crippen LogP contribution in [0.4, 0.5) is 0 Å². The van der Waals surface area contributed by atoms with Gasteiger partial charge in [-0.15, -0.1) is 23.5 Å². The number of aromatic nitrogens is 2. The van der Waals surface area contributed by atoms with Gasteiger partial charge in [-0.2, -0.15) is 0 Å². The fourth-order valence-electron chi connectivity index (χ4n) is 2.95. The molecule has 21 heavy (non-hydrogen) atoms. The van der Waals surface area contributed by atoms with Crippen molar-refractivity contribution in [1.82, 2.24) is 9.55 Å². The highest BCUT2D eigenvalue weighted by Crippen LogP contribution is 2.58. The van der Waals surface area contributed by atoms with Crippen LogP contribution in [0.15, 0.2) is 61.2 Å². The maximum absolute atomic E-state index is 4.22. The highest BCUT2D eigenvalue weighted by atomic mass is 32.2. The lowest BCUT2D eigenvalue weighted by Crippen LogP contribution is -2.07. The Morgan fingerprint density at radius 2 is 1.90 bits per heavy atom. The van der Waals surface area contributed by atoms with Crippen molar-refractivity contribution < 1.29 is 0 Å². The SMILES string of the molecule is CC1SC(c2cccc3ccccc23)C(n2ccnc2)S1. The second kappa shape index (κ2) is 5.43. The number of nitrogens with zero attached hydrogens (tertiary/aromatic N) is 2. The van der Waals surface area contributed by atoms with Crippen molar-refractivity contribution in [3.05, 3.63) is 66.7 Å². The van der Waals surface area contributed by atoms with E-state index >= 15 is 0 Å². The summed E-state index contributed by atoms with van der Waals surface area (Å²) in [4.78, 5) is 4.22. The van der Waals surface area contributed by atoms with E-state index in [1.807, 2.05) is 24.3 Å². The van der Waals surface area contributed by atoms with E-state index in [2.05, 4.69) is 76.9 Å². The van der Waals surface area contributed by atoms with Crippen LogP contribution in [0.2, 0.25) is 0 Å². The van der Waals surface area contributed by atoms with E-state index in [1.54, 1.807) is 0 Å². The van der Waals surface area contributed by atoms with E-state index < -0.39 is 0 Å². The number of rotatable bonds is 2. The molecule has 0 N–H and O–H groups in total. The molecule has 2 heterocycles. The highest BCUT2D eigenvalue weighted by molar-refractivity contribution is 8.20. The van der Waals surface area contributed by atoms with Crippen LogP contribution in [0, 0.1) is 0 Å². The van der Waals surface area contributed by atoms with Crippen LogP contribution in [0.25, 0.3) is 10.8 Å². The lowest BCUT2D eigenvalue weighted by atomic mass is 10.0. The maximum atomic E-state index is 4.22. The molecule has 0 bridgehead atoms. The van der Waals surface area contributed by atoms with Gasteiger partial charge in [-0.25, -0.2) is 4.98 Å². The van der Waals surface area contributed by atoms with Gasteiger partial charge >= 0.3 is 0 Å². The first-order valence-electron chi connectivity index (χ1n) is 7.09. The molecule has 1 aliphatic rings. The van der Waals surface area contributed by atoms with E-state index in [0.717, 1.165) is 0 Å². The van der Waals surface area contributed by atoms with Gasteiger partial charge in [0.1, 0.15) is 0 Å². The third-order valence-corrected chi connectivity index (χ3v) is 7.08. The van der Waals surface area contributed by atoms with Crippen LogP contribution in [-0.2, 0) is 0 Å². The summed E-state index contributed by atoms with van der Waals surface area (Å²) >= 11 is 4.07. The molecule has 1 aromatic heterocycles. The molecule has 0 radical (unpaired) electrons. The molecule has 0 aliphatic carbocycles. The fourth-order valence-corrected chi connectivity index (χ4v) is 6.27. The lowest BCUT2D eigenvalue weighted by Gasteiger charge is -2.21. The summed E-state index contributed by atoms with van der Waals surface area (Å²) in [5.41, 5.74) is 1.44. The predicted molar refractivity (Wildman–Crippen MR) is 92.6 cm³/mol. The summed E-state index contributed by atoms with van der Waals surface area (Å²) in [6.45, 7) is 2.30. The van der Waals surface area contributed by atoms with Crippen LogP contribution in [-0.4, -0.2) is 14.1 Å². The van der Waals surface area contributed by atoms with Crippen molar-refractivity contribution in [1.29, 1.82) is 0 Å². The van der Waals surface area contributed by atoms with Crippen LogP contribution in [0.3, 0.4) is 0 Å². The van der Waals surface area contributed by atoms with Gasteiger partial charge in [-0.3, -0.25) is 0 Å². The molecule has 2 nitrogen and oxygen atoms in total. The van der Waals surface area contributed by atoms with Crippen molar-refractivity contribution in [3.8, 4) is 0 Å². The Morgan fingerprint density at radius 3 is 2.76 bits per heavy atom. The highest BCUT2D eigenvalue weighted by Gasteiger charge is 2.36. The summed E-state index contributed by atoms with van der Waals surface area (Å²) in [7, 11) is 0. The summed E-state index contributed by atoms with van der Waals surface area (Å²) < 4.78 is 2.84. The molecule has 1 aliphatic heterocycles. The van der Waals surface area contributed by atoms with Crippen molar-refractivity contribution in [2.24, 2.45) is 0 Å². The van der Waals surface area contributed by atoms with Gasteiger partial charge in [0.05, 0.1) is 21.5 Å². The van der Waals surface area contributed by atoms with Crippen molar-refractivity contribution in [2.45, 2.75) is 22.1 Å². The monoisotopic (exact) mass is 312 g/mol. The van der Waals surface area contributed by atoms with Gasteiger partial charge in [0.2, 0.25) is 0 Å². The lowest BCUT2D eigenvalue weighted by molar-refractivity contribution is 0.672. The second-order valence-electron chi connectivity index (χ2n) is 5.23. The molecule has 2 aromatic carbocycles. The third-order valence-electron chi connectivity index (χ3n) is 3.88. The largest absolute Gasteiger partial charge is 0.323 e. The molecule has 3 aromatic rings. The molecule has 3 atom stereocenters. The Labute approximate surface area is 133 Å². The number of benzene rings is 2. The molecular formula is C17H16N2S2. The van der Waals surface area contributed by atoms with E-state index in [-0.39, 0.29) is 0 Å². The number of imidazole rings is 1. The molecule has 3 unspecified atom stereocenters. The number of thioether (sulfide) groups is 2. The number of hydrogen-bond donors (Lipinski definition) is 0. The average Bonchev–Trinajstić information content (AvgIpc) is 3.15. The zero-order valence-electron chi connectivity index (χ0n) is 11.7. The zero-order chi connectivity index (χ0) is 14.2. The summed E-state index contributed by atoms with van der Waals surface area (Å²) in [5, 5.41) is 3.57. The average molecular weight is 312 g/mol. The van der Waals surface area contributed by atoms with Gasteiger partial charge in [-0.1, -0.05) is 42.5 Å². The Kier molecular flexibility index (Phi) is 3.43. The van der Waals surface area contributed by atoms with Crippen LogP contribution in [0.1, 0.15) is 23.1 Å². The molecule has 1 saturated heterocycles. The van der Waals surface area contributed by atoms with Gasteiger partial charge in [0.25, 0.3) is 0 Å². The molecule has 0 saturated carbocycles. The van der Waals surface area contributed by atoms with Crippen molar-refractivity contribution in [2.75, 3.05) is 0 Å². The molecule has 0 amide bonds. The maximum Gasteiger partial charge on any atom is 0.0973 e. The summed E-state index contributed by atoms with van der Waals surface area (Å²) in [6, 6.07) is 15.3. The minimum atomic E-state index is 0.415. The first kappa shape index (κ1) is 13.3. The Balaban J connectivity index is 1.83. The van der Waals surface area contributed by atoms with Crippen molar-refractivity contribution >= 4 is 34.3 Å². The number of fused-ring (bicyclic) bond motifs is 1. The Morgan fingerprint density at radius 1 is 1.05 bits per heavy atom. The minimum absolute atomic E-state index is 0.415. The van der Waals surface area contributed by atoms with Crippen LogP contribution >= 0.6 is 23.5 Å². The topological polar surface area (TPSA) is 17.8 Å². The van der Waals surface area contributed by atoms with E-state index in [4.69, 9.17) is 0 Å². The molecule has 4 rings (SSSR count). The third kappa shape index (κ3) is 2.36. The van der Waals surface area contributed by atoms with E-state index in [0.29, 0.717) is 15.2 Å². The smallest absolute Gasteiger partial charge is 0.0973 e. The Hall–Kier alpha value is -1.39.